The molecule has 54 valence electrons. The first-order valence-corrected chi connectivity index (χ1v) is 2.66. The number of rotatable bonds is 3. The van der Waals surface area contributed by atoms with Crippen LogP contribution in [0, 0.1) is 0 Å². The Morgan fingerprint density at radius 1 is 1.70 bits per heavy atom. The Morgan fingerprint density at radius 3 is 2.30 bits per heavy atom. The molecule has 0 saturated heterocycles. The van der Waals surface area contributed by atoms with Gasteiger partial charge >= 0.3 is 43.7 Å². The fraction of sp³-hybridized carbons (Fsp3) is 0.600. The second kappa shape index (κ2) is 3.55. The van der Waals surface area contributed by atoms with Crippen LogP contribution in [-0.4, -0.2) is 60.8 Å². The molecule has 0 aromatic rings. The van der Waals surface area contributed by atoms with E-state index in [0.717, 1.165) is 0 Å². The molecule has 1 aliphatic rings. The number of amides is 1. The molecule has 0 aromatic heterocycles. The van der Waals surface area contributed by atoms with Crippen LogP contribution in [-0.2, 0) is 9.59 Å². The van der Waals surface area contributed by atoms with Gasteiger partial charge in [-0.15, -0.1) is 0 Å². The third-order valence-corrected chi connectivity index (χ3v) is 1.49. The number of nitrogens with one attached hydrogen (secondary N) is 1. The second-order valence-electron chi connectivity index (χ2n) is 2.15. The normalized spacial score (nSPS) is 18.4. The van der Waals surface area contributed by atoms with Gasteiger partial charge in [0, 0.05) is 0 Å². The number of hydrogen-bond donors (Lipinski definition) is 2. The Hall–Kier alpha value is 0.200. The Balaban J connectivity index is -0.000000270. The molecule has 0 aromatic carbocycles. The first kappa shape index (κ1) is 10.2. The van der Waals surface area contributed by atoms with E-state index in [1.165, 1.54) is 0 Å². The van der Waals surface area contributed by atoms with Crippen molar-refractivity contribution in [3.63, 3.8) is 0 Å². The first-order chi connectivity index (χ1) is 4.21. The molecule has 0 unspecified atom stereocenters. The summed E-state index contributed by atoms with van der Waals surface area (Å²) in [5.41, 5.74) is -0.901. The van der Waals surface area contributed by atoms with Gasteiger partial charge in [-0.2, -0.15) is 0 Å². The molecule has 1 amide bonds. The van der Waals surface area contributed by atoms with Gasteiger partial charge in [0.1, 0.15) is 5.54 Å². The van der Waals surface area contributed by atoms with Crippen LogP contribution in [0.5, 0.6) is 0 Å². The van der Waals surface area contributed by atoms with Gasteiger partial charge in [-0.3, -0.25) is 4.79 Å². The van der Waals surface area contributed by atoms with Crippen molar-refractivity contribution in [1.29, 1.82) is 0 Å². The maximum Gasteiger partial charge on any atom is 2.00 e. The Kier molecular flexibility index (Phi) is 3.62. The molecule has 0 atom stereocenters. The smallest absolute Gasteiger partial charge is 1.00 e. The molecule has 5 heteroatoms. The topological polar surface area (TPSA) is 66.4 Å². The summed E-state index contributed by atoms with van der Waals surface area (Å²) in [5, 5.41) is 10.7. The Bertz CT molecular complexity index is 163. The third-order valence-electron chi connectivity index (χ3n) is 1.49. The maximum absolute atomic E-state index is 10.3. The summed E-state index contributed by atoms with van der Waals surface area (Å²) in [6, 6.07) is 0. The van der Waals surface area contributed by atoms with Gasteiger partial charge in [0.2, 0.25) is 6.41 Å². The molecule has 1 fully saturated rings. The summed E-state index contributed by atoms with van der Waals surface area (Å²) in [6.45, 7) is 0. The number of carbonyl (C=O) groups is 2. The molecule has 4 nitrogen and oxygen atoms in total. The minimum atomic E-state index is -0.936. The van der Waals surface area contributed by atoms with Crippen molar-refractivity contribution in [3.8, 4) is 0 Å². The van der Waals surface area contributed by atoms with Gasteiger partial charge < -0.3 is 13.3 Å². The largest absolute Gasteiger partial charge is 2.00 e. The molecule has 1 rings (SSSR count). The minimum absolute atomic E-state index is 0. The average molecular weight is 171 g/mol. The molecule has 0 bridgehead atoms. The van der Waals surface area contributed by atoms with Gasteiger partial charge in [-0.1, -0.05) is 0 Å². The first-order valence-electron chi connectivity index (χ1n) is 2.66. The van der Waals surface area contributed by atoms with E-state index < -0.39 is 11.5 Å². The Labute approximate surface area is 90.9 Å². The average Bonchev–Trinajstić information content (AvgIpc) is 2.49. The van der Waals surface area contributed by atoms with Crippen molar-refractivity contribution >= 4 is 50.1 Å². The standard InChI is InChI=1S/C5H7NO3.Ca.2H/c7-3-6-5(1-2-5)4(8)9;;;/h3H,1-2H2,(H,6,7)(H,8,9);;;/q;+2;2*-1. The predicted molar refractivity (Wildman–Crippen MR) is 36.8 cm³/mol. The van der Waals surface area contributed by atoms with Gasteiger partial charge in [-0.05, 0) is 12.8 Å². The van der Waals surface area contributed by atoms with Gasteiger partial charge in [0.05, 0.1) is 0 Å². The monoisotopic (exact) mass is 171 g/mol. The fourth-order valence-corrected chi connectivity index (χ4v) is 0.658. The molecule has 0 spiro atoms. The van der Waals surface area contributed by atoms with Crippen molar-refractivity contribution in [3.05, 3.63) is 0 Å². The summed E-state index contributed by atoms with van der Waals surface area (Å²) in [5.74, 6) is -0.936. The molecular formula is C5H9CaNO3. The van der Waals surface area contributed by atoms with Crippen LogP contribution in [0.25, 0.3) is 0 Å². The molecule has 2 N–H and O–H groups in total. The zero-order valence-corrected chi connectivity index (χ0v) is 7.67. The van der Waals surface area contributed by atoms with Crippen molar-refractivity contribution in [2.45, 2.75) is 18.4 Å². The molecule has 0 radical (unpaired) electrons. The summed E-state index contributed by atoms with van der Waals surface area (Å²) >= 11 is 0. The second-order valence-corrected chi connectivity index (χ2v) is 2.15. The maximum atomic E-state index is 10.3. The van der Waals surface area contributed by atoms with Crippen LogP contribution < -0.4 is 5.32 Å². The van der Waals surface area contributed by atoms with E-state index in [1.807, 2.05) is 0 Å². The number of hydrogen-bond acceptors (Lipinski definition) is 2. The van der Waals surface area contributed by atoms with Gasteiger partial charge in [-0.25, -0.2) is 4.79 Å². The van der Waals surface area contributed by atoms with Crippen molar-refractivity contribution < 1.29 is 17.5 Å². The summed E-state index contributed by atoms with van der Waals surface area (Å²) in [6.07, 6.45) is 1.54. The van der Waals surface area contributed by atoms with E-state index in [9.17, 15) is 9.59 Å². The van der Waals surface area contributed by atoms with Crippen molar-refractivity contribution in [2.24, 2.45) is 0 Å². The van der Waals surface area contributed by atoms with Crippen LogP contribution in [0.2, 0.25) is 0 Å². The molecule has 1 saturated carbocycles. The molecular weight excluding hydrogens is 162 g/mol. The van der Waals surface area contributed by atoms with Crippen molar-refractivity contribution in [1.82, 2.24) is 5.32 Å². The zero-order valence-electron chi connectivity index (χ0n) is 7.46. The van der Waals surface area contributed by atoms with Crippen molar-refractivity contribution in [2.75, 3.05) is 0 Å². The van der Waals surface area contributed by atoms with E-state index in [4.69, 9.17) is 5.11 Å². The number of carboxylic acid groups (broad SMARTS) is 1. The number of carbonyl (C=O) groups excluding carboxylic acids is 1. The minimum Gasteiger partial charge on any atom is -1.00 e. The molecule has 1 aliphatic carbocycles. The summed E-state index contributed by atoms with van der Waals surface area (Å²) in [7, 11) is 0. The van der Waals surface area contributed by atoms with Crippen LogP contribution in [0.1, 0.15) is 15.7 Å². The molecule has 10 heavy (non-hydrogen) atoms. The zero-order chi connectivity index (χ0) is 6.91. The molecule has 0 heterocycles. The van der Waals surface area contributed by atoms with E-state index >= 15 is 0 Å². The van der Waals surface area contributed by atoms with E-state index in [0.29, 0.717) is 19.3 Å². The number of carboxylic acids is 1. The number of aliphatic carboxylic acids is 1. The SMILES string of the molecule is O=CNC1(C(=O)O)CC1.[Ca+2].[H-].[H-]. The van der Waals surface area contributed by atoms with Gasteiger partial charge in [0.25, 0.3) is 0 Å². The quantitative estimate of drug-likeness (QED) is 0.431. The summed E-state index contributed by atoms with van der Waals surface area (Å²) < 4.78 is 0. The van der Waals surface area contributed by atoms with Gasteiger partial charge in [0.15, 0.2) is 0 Å². The Morgan fingerprint density at radius 2 is 2.20 bits per heavy atom. The van der Waals surface area contributed by atoms with E-state index in [1.54, 1.807) is 0 Å². The van der Waals surface area contributed by atoms with Crippen LogP contribution in [0.4, 0.5) is 0 Å². The third kappa shape index (κ3) is 1.84. The summed E-state index contributed by atoms with van der Waals surface area (Å²) in [4.78, 5) is 20.0. The van der Waals surface area contributed by atoms with Crippen LogP contribution in [0.3, 0.4) is 0 Å². The fourth-order valence-electron chi connectivity index (χ4n) is 0.658. The molecule has 0 aliphatic heterocycles. The van der Waals surface area contributed by atoms with E-state index in [2.05, 4.69) is 5.32 Å². The van der Waals surface area contributed by atoms with Crippen LogP contribution in [0.15, 0.2) is 0 Å². The van der Waals surface area contributed by atoms with E-state index in [-0.39, 0.29) is 40.6 Å². The van der Waals surface area contributed by atoms with Crippen LogP contribution >= 0.6 is 0 Å². The predicted octanol–water partition coefficient (Wildman–Crippen LogP) is -0.806.